The summed E-state index contributed by atoms with van der Waals surface area (Å²) >= 11 is 0. The van der Waals surface area contributed by atoms with Crippen molar-refractivity contribution >= 4 is 17.5 Å². The van der Waals surface area contributed by atoms with Gasteiger partial charge in [0, 0.05) is 6.07 Å². The van der Waals surface area contributed by atoms with Crippen LogP contribution in [0, 0.1) is 0 Å². The molecule has 10 heteroatoms. The highest BCUT2D eigenvalue weighted by atomic mass is 19.4. The van der Waals surface area contributed by atoms with Crippen molar-refractivity contribution in [2.45, 2.75) is 13.1 Å². The molecule has 0 radical (unpaired) electrons. The summed E-state index contributed by atoms with van der Waals surface area (Å²) in [4.78, 5) is 21.5. The molecule has 2 heterocycles. The number of carbonyl (C=O) groups is 1. The van der Waals surface area contributed by atoms with E-state index in [1.54, 1.807) is 13.0 Å². The first kappa shape index (κ1) is 16.7. The van der Waals surface area contributed by atoms with Crippen LogP contribution in [0.4, 0.5) is 13.2 Å². The van der Waals surface area contributed by atoms with Crippen molar-refractivity contribution in [1.29, 1.82) is 0 Å². The van der Waals surface area contributed by atoms with E-state index in [0.717, 1.165) is 17.0 Å². The fraction of sp³-hybridized carbons (Fsp3) is 0.200. The first-order valence-corrected chi connectivity index (χ1v) is 7.09. The molecule has 0 spiro atoms. The lowest BCUT2D eigenvalue weighted by Gasteiger charge is -2.10. The number of halogens is 3. The number of carbonyl (C=O) groups excluding carboxylic acids is 1. The molecule has 130 valence electrons. The van der Waals surface area contributed by atoms with Crippen LogP contribution in [-0.4, -0.2) is 32.6 Å². The summed E-state index contributed by atoms with van der Waals surface area (Å²) in [5.41, 5.74) is 0.294. The SMILES string of the molecule is CCOc1ccc2c(c1)nc(C(F)(F)F)n2-c1cnc(OC=O)cn1. The van der Waals surface area contributed by atoms with Gasteiger partial charge in [0.05, 0.1) is 30.0 Å². The fourth-order valence-electron chi connectivity index (χ4n) is 2.27. The summed E-state index contributed by atoms with van der Waals surface area (Å²) in [5.74, 6) is -0.976. The molecule has 1 aromatic carbocycles. The number of imidazole rings is 1. The van der Waals surface area contributed by atoms with Crippen molar-refractivity contribution in [3.63, 3.8) is 0 Å². The molecule has 3 aromatic rings. The van der Waals surface area contributed by atoms with E-state index in [1.165, 1.54) is 12.1 Å². The van der Waals surface area contributed by atoms with Gasteiger partial charge < -0.3 is 9.47 Å². The molecule has 3 rings (SSSR count). The fourth-order valence-corrected chi connectivity index (χ4v) is 2.27. The number of aromatic nitrogens is 4. The molecule has 0 saturated heterocycles. The number of rotatable bonds is 5. The minimum Gasteiger partial charge on any atom is -0.494 e. The zero-order valence-electron chi connectivity index (χ0n) is 12.8. The van der Waals surface area contributed by atoms with Gasteiger partial charge in [-0.3, -0.25) is 9.36 Å². The molecule has 0 saturated carbocycles. The monoisotopic (exact) mass is 352 g/mol. The first-order chi connectivity index (χ1) is 11.9. The first-order valence-electron chi connectivity index (χ1n) is 7.09. The summed E-state index contributed by atoms with van der Waals surface area (Å²) in [6.45, 7) is 2.29. The maximum atomic E-state index is 13.4. The van der Waals surface area contributed by atoms with Gasteiger partial charge >= 0.3 is 6.18 Å². The van der Waals surface area contributed by atoms with Gasteiger partial charge in [0.25, 0.3) is 6.47 Å². The highest BCUT2D eigenvalue weighted by molar-refractivity contribution is 5.79. The Morgan fingerprint density at radius 3 is 2.64 bits per heavy atom. The van der Waals surface area contributed by atoms with Crippen LogP contribution in [0.1, 0.15) is 12.7 Å². The Morgan fingerprint density at radius 1 is 1.24 bits per heavy atom. The quantitative estimate of drug-likeness (QED) is 0.657. The van der Waals surface area contributed by atoms with E-state index in [2.05, 4.69) is 19.7 Å². The summed E-state index contributed by atoms with van der Waals surface area (Å²) in [6, 6.07) is 4.42. The predicted molar refractivity (Wildman–Crippen MR) is 79.5 cm³/mol. The van der Waals surface area contributed by atoms with Crippen LogP contribution in [-0.2, 0) is 11.0 Å². The third-order valence-electron chi connectivity index (χ3n) is 3.20. The molecule has 0 unspecified atom stereocenters. The van der Waals surface area contributed by atoms with Gasteiger partial charge in [-0.25, -0.2) is 15.0 Å². The molecule has 0 aliphatic carbocycles. The maximum absolute atomic E-state index is 13.4. The smallest absolute Gasteiger partial charge is 0.450 e. The molecule has 0 N–H and O–H groups in total. The van der Waals surface area contributed by atoms with Crippen LogP contribution >= 0.6 is 0 Å². The van der Waals surface area contributed by atoms with Crippen molar-refractivity contribution in [2.75, 3.05) is 6.61 Å². The van der Waals surface area contributed by atoms with E-state index in [-0.39, 0.29) is 29.2 Å². The number of alkyl halides is 3. The number of hydrogen-bond acceptors (Lipinski definition) is 6. The van der Waals surface area contributed by atoms with Gasteiger partial charge in [0.1, 0.15) is 5.75 Å². The molecular weight excluding hydrogens is 341 g/mol. The second-order valence-electron chi connectivity index (χ2n) is 4.78. The topological polar surface area (TPSA) is 79.1 Å². The van der Waals surface area contributed by atoms with E-state index in [1.807, 2.05) is 0 Å². The lowest BCUT2D eigenvalue weighted by Crippen LogP contribution is -2.14. The van der Waals surface area contributed by atoms with Crippen LogP contribution < -0.4 is 9.47 Å². The van der Waals surface area contributed by atoms with Gasteiger partial charge in [-0.15, -0.1) is 0 Å². The standard InChI is InChI=1S/C15H11F3N4O3/c1-2-24-9-3-4-11-10(5-9)21-14(15(16,17)18)22(11)12-6-20-13(7-19-12)25-8-23/h3-8H,2H2,1H3. The summed E-state index contributed by atoms with van der Waals surface area (Å²) in [7, 11) is 0. The van der Waals surface area contributed by atoms with E-state index in [0.29, 0.717) is 12.4 Å². The minimum absolute atomic E-state index is 0.105. The second kappa shape index (κ2) is 6.38. The normalized spacial score (nSPS) is 11.5. The molecule has 0 bridgehead atoms. The van der Waals surface area contributed by atoms with Gasteiger partial charge in [0.2, 0.25) is 11.7 Å². The van der Waals surface area contributed by atoms with E-state index < -0.39 is 12.0 Å². The van der Waals surface area contributed by atoms with Crippen molar-refractivity contribution < 1.29 is 27.4 Å². The van der Waals surface area contributed by atoms with Gasteiger partial charge in [0.15, 0.2) is 5.82 Å². The molecule has 2 aromatic heterocycles. The molecule has 25 heavy (non-hydrogen) atoms. The lowest BCUT2D eigenvalue weighted by molar-refractivity contribution is -0.145. The van der Waals surface area contributed by atoms with E-state index in [9.17, 15) is 18.0 Å². The average Bonchev–Trinajstić information content (AvgIpc) is 2.95. The third-order valence-corrected chi connectivity index (χ3v) is 3.20. The molecule has 7 nitrogen and oxygen atoms in total. The van der Waals surface area contributed by atoms with Gasteiger partial charge in [-0.1, -0.05) is 0 Å². The summed E-state index contributed by atoms with van der Waals surface area (Å²) in [6.07, 6.45) is -2.60. The van der Waals surface area contributed by atoms with Gasteiger partial charge in [-0.2, -0.15) is 13.2 Å². The van der Waals surface area contributed by atoms with Crippen molar-refractivity contribution in [3.05, 3.63) is 36.4 Å². The maximum Gasteiger partial charge on any atom is 0.450 e. The Morgan fingerprint density at radius 2 is 2.04 bits per heavy atom. The number of nitrogens with zero attached hydrogens (tertiary/aromatic N) is 4. The Balaban J connectivity index is 2.18. The summed E-state index contributed by atoms with van der Waals surface area (Å²) in [5, 5.41) is 0. The average molecular weight is 352 g/mol. The Hall–Kier alpha value is -3.17. The largest absolute Gasteiger partial charge is 0.494 e. The second-order valence-corrected chi connectivity index (χ2v) is 4.78. The van der Waals surface area contributed by atoms with Crippen LogP contribution in [0.15, 0.2) is 30.6 Å². The van der Waals surface area contributed by atoms with Crippen LogP contribution in [0.25, 0.3) is 16.9 Å². The van der Waals surface area contributed by atoms with Crippen LogP contribution in [0.2, 0.25) is 0 Å². The Labute approximate surface area is 139 Å². The van der Waals surface area contributed by atoms with Crippen LogP contribution in [0.3, 0.4) is 0 Å². The van der Waals surface area contributed by atoms with Crippen molar-refractivity contribution in [2.24, 2.45) is 0 Å². The number of fused-ring (bicyclic) bond motifs is 1. The predicted octanol–water partition coefficient (Wildman–Crippen LogP) is 2.77. The summed E-state index contributed by atoms with van der Waals surface area (Å²) < 4.78 is 50.8. The number of ether oxygens (including phenoxy) is 2. The Bertz CT molecular complexity index is 907. The van der Waals surface area contributed by atoms with Crippen LogP contribution in [0.5, 0.6) is 11.6 Å². The number of hydrogen-bond donors (Lipinski definition) is 0. The molecular formula is C15H11F3N4O3. The molecule has 0 aliphatic heterocycles. The minimum atomic E-state index is -4.70. The third kappa shape index (κ3) is 3.23. The molecule has 0 aliphatic rings. The zero-order valence-corrected chi connectivity index (χ0v) is 12.8. The highest BCUT2D eigenvalue weighted by Gasteiger charge is 2.38. The van der Waals surface area contributed by atoms with E-state index in [4.69, 9.17) is 4.74 Å². The highest BCUT2D eigenvalue weighted by Crippen LogP contribution is 2.34. The van der Waals surface area contributed by atoms with Crippen molar-refractivity contribution in [1.82, 2.24) is 19.5 Å². The molecule has 0 amide bonds. The zero-order chi connectivity index (χ0) is 18.0. The number of benzene rings is 1. The van der Waals surface area contributed by atoms with Crippen molar-refractivity contribution in [3.8, 4) is 17.4 Å². The lowest BCUT2D eigenvalue weighted by atomic mass is 10.3. The molecule has 0 fully saturated rings. The van der Waals surface area contributed by atoms with E-state index >= 15 is 0 Å². The molecule has 0 atom stereocenters. The Kier molecular flexibility index (Phi) is 4.26. The van der Waals surface area contributed by atoms with Gasteiger partial charge in [-0.05, 0) is 19.1 Å².